The van der Waals surface area contributed by atoms with Gasteiger partial charge in [-0.05, 0) is 35.7 Å². The van der Waals surface area contributed by atoms with Gasteiger partial charge in [0.05, 0.1) is 24.1 Å². The average molecular weight is 398 g/mol. The molecule has 3 aromatic rings. The third-order valence-corrected chi connectivity index (χ3v) is 4.73. The Morgan fingerprint density at radius 1 is 1.14 bits per heavy atom. The molecule has 0 spiro atoms. The molecular weight excluding hydrogens is 379 g/mol. The Balaban J connectivity index is 2.16. The molecule has 0 aliphatic rings. The second-order valence-electron chi connectivity index (χ2n) is 6.52. The third-order valence-electron chi connectivity index (χ3n) is 4.15. The molecule has 0 bridgehead atoms. The minimum atomic E-state index is -1.93. The van der Waals surface area contributed by atoms with E-state index in [9.17, 15) is 13.4 Å². The van der Waals surface area contributed by atoms with Gasteiger partial charge in [-0.1, -0.05) is 48.6 Å². The van der Waals surface area contributed by atoms with E-state index in [4.69, 9.17) is 4.55 Å². The number of halogens is 1. The van der Waals surface area contributed by atoms with E-state index in [1.165, 1.54) is 16.8 Å². The molecule has 0 fully saturated rings. The van der Waals surface area contributed by atoms with E-state index in [1.54, 1.807) is 42.6 Å². The number of hydrogen-bond donors (Lipinski definition) is 1. The first-order valence-corrected chi connectivity index (χ1v) is 9.80. The Hall–Kier alpha value is -2.90. The molecule has 144 valence electrons. The first-order chi connectivity index (χ1) is 13.3. The minimum absolute atomic E-state index is 0.0313. The molecule has 0 saturated carbocycles. The molecule has 28 heavy (non-hydrogen) atoms. The molecule has 5 nitrogen and oxygen atoms in total. The fourth-order valence-electron chi connectivity index (χ4n) is 2.89. The predicted molar refractivity (Wildman–Crippen MR) is 109 cm³/mol. The molecule has 1 N–H and O–H groups in total. The third kappa shape index (κ3) is 4.49. The van der Waals surface area contributed by atoms with Gasteiger partial charge in [-0.15, -0.1) is 0 Å². The summed E-state index contributed by atoms with van der Waals surface area (Å²) < 4.78 is 34.7. The van der Waals surface area contributed by atoms with Crippen molar-refractivity contribution in [3.05, 3.63) is 88.6 Å². The van der Waals surface area contributed by atoms with E-state index in [-0.39, 0.29) is 23.7 Å². The van der Waals surface area contributed by atoms with Crippen molar-refractivity contribution in [2.24, 2.45) is 0 Å². The molecular formula is C21H19FN2O3S. The van der Waals surface area contributed by atoms with Crippen LogP contribution in [0.3, 0.4) is 0 Å². The van der Waals surface area contributed by atoms with Crippen molar-refractivity contribution in [1.29, 1.82) is 0 Å². The predicted octanol–water partition coefficient (Wildman–Crippen LogP) is 4.01. The van der Waals surface area contributed by atoms with Crippen molar-refractivity contribution in [1.82, 2.24) is 9.78 Å². The largest absolute Gasteiger partial charge is 0.306 e. The molecule has 7 heteroatoms. The molecule has 3 rings (SSSR count). The van der Waals surface area contributed by atoms with E-state index in [2.05, 4.69) is 11.7 Å². The van der Waals surface area contributed by atoms with E-state index >= 15 is 0 Å². The average Bonchev–Trinajstić information content (AvgIpc) is 2.64. The summed E-state index contributed by atoms with van der Waals surface area (Å²) in [6.45, 7) is 5.92. The van der Waals surface area contributed by atoms with Gasteiger partial charge in [-0.25, -0.2) is 13.3 Å². The van der Waals surface area contributed by atoms with Gasteiger partial charge in [0.1, 0.15) is 5.82 Å². The van der Waals surface area contributed by atoms with Gasteiger partial charge in [0.25, 0.3) is 5.56 Å². The Labute approximate surface area is 164 Å². The summed E-state index contributed by atoms with van der Waals surface area (Å²) in [7, 11) is 0. The quantitative estimate of drug-likeness (QED) is 0.503. The SMILES string of the molecule is C=C(C)Cn1ncc(-c2ccc(CS(=O)O)cc2)c(-c2ccc(F)cc2)c1=O. The van der Waals surface area contributed by atoms with Crippen LogP contribution >= 0.6 is 0 Å². The normalized spacial score (nSPS) is 12.0. The van der Waals surface area contributed by atoms with E-state index in [0.29, 0.717) is 22.3 Å². The van der Waals surface area contributed by atoms with Crippen molar-refractivity contribution >= 4 is 11.1 Å². The van der Waals surface area contributed by atoms with Crippen molar-refractivity contribution in [3.8, 4) is 22.3 Å². The second-order valence-corrected chi connectivity index (χ2v) is 7.45. The molecule has 1 unspecified atom stereocenters. The van der Waals surface area contributed by atoms with Crippen molar-refractivity contribution in [2.45, 2.75) is 19.2 Å². The highest BCUT2D eigenvalue weighted by atomic mass is 32.2. The molecule has 0 amide bonds. The lowest BCUT2D eigenvalue weighted by atomic mass is 9.96. The zero-order chi connectivity index (χ0) is 20.3. The van der Waals surface area contributed by atoms with Gasteiger partial charge in [-0.3, -0.25) is 4.79 Å². The van der Waals surface area contributed by atoms with Crippen molar-refractivity contribution < 1.29 is 13.2 Å². The highest BCUT2D eigenvalue weighted by Gasteiger charge is 2.15. The fourth-order valence-corrected chi connectivity index (χ4v) is 3.37. The summed E-state index contributed by atoms with van der Waals surface area (Å²) in [6.07, 6.45) is 1.60. The molecule has 0 saturated heterocycles. The van der Waals surface area contributed by atoms with Crippen LogP contribution in [0.2, 0.25) is 0 Å². The monoisotopic (exact) mass is 398 g/mol. The molecule has 1 atom stereocenters. The number of allylic oxidation sites excluding steroid dienone is 1. The zero-order valence-electron chi connectivity index (χ0n) is 15.3. The Morgan fingerprint density at radius 3 is 2.32 bits per heavy atom. The van der Waals surface area contributed by atoms with Crippen LogP contribution < -0.4 is 5.56 Å². The number of rotatable bonds is 6. The topological polar surface area (TPSA) is 72.2 Å². The summed E-state index contributed by atoms with van der Waals surface area (Å²) in [4.78, 5) is 13.1. The van der Waals surface area contributed by atoms with Crippen molar-refractivity contribution in [3.63, 3.8) is 0 Å². The maximum atomic E-state index is 13.4. The fraction of sp³-hybridized carbons (Fsp3) is 0.143. The first kappa shape index (κ1) is 19.9. The van der Waals surface area contributed by atoms with Crippen LogP contribution in [0, 0.1) is 5.82 Å². The molecule has 1 aromatic heterocycles. The van der Waals surface area contributed by atoms with Crippen LogP contribution in [0.15, 0.2) is 71.7 Å². The Morgan fingerprint density at radius 2 is 1.75 bits per heavy atom. The Kier molecular flexibility index (Phi) is 5.96. The standard InChI is InChI=1S/C21H19FN2O3S/c1-14(2)12-24-21(25)20(17-7-9-18(22)10-8-17)19(11-23-24)16-5-3-15(4-6-16)13-28(26)27/h3-11H,1,12-13H2,2H3,(H,26,27). The van der Waals surface area contributed by atoms with Gasteiger partial charge in [0.2, 0.25) is 0 Å². The van der Waals surface area contributed by atoms with E-state index in [0.717, 1.165) is 11.1 Å². The number of hydrogen-bond acceptors (Lipinski definition) is 3. The van der Waals surface area contributed by atoms with Gasteiger partial charge in [0.15, 0.2) is 11.1 Å². The molecule has 1 heterocycles. The maximum Gasteiger partial charge on any atom is 0.275 e. The number of aromatic nitrogens is 2. The van der Waals surface area contributed by atoms with E-state index < -0.39 is 11.1 Å². The van der Waals surface area contributed by atoms with Crippen molar-refractivity contribution in [2.75, 3.05) is 0 Å². The van der Waals surface area contributed by atoms with Crippen LogP contribution in [-0.4, -0.2) is 18.5 Å². The molecule has 0 aliphatic carbocycles. The zero-order valence-corrected chi connectivity index (χ0v) is 16.1. The highest BCUT2D eigenvalue weighted by molar-refractivity contribution is 7.78. The molecule has 0 radical (unpaired) electrons. The van der Waals surface area contributed by atoms with Gasteiger partial charge >= 0.3 is 0 Å². The van der Waals surface area contributed by atoms with E-state index in [1.807, 2.05) is 6.92 Å². The summed E-state index contributed by atoms with van der Waals surface area (Å²) in [5.41, 5.74) is 3.53. The van der Waals surface area contributed by atoms with Crippen LogP contribution in [0.5, 0.6) is 0 Å². The minimum Gasteiger partial charge on any atom is -0.306 e. The van der Waals surface area contributed by atoms with Crippen LogP contribution in [0.4, 0.5) is 4.39 Å². The molecule has 0 aliphatic heterocycles. The first-order valence-electron chi connectivity index (χ1n) is 8.52. The summed E-state index contributed by atoms with van der Waals surface area (Å²) in [6, 6.07) is 12.7. The van der Waals surface area contributed by atoms with Gasteiger partial charge in [0, 0.05) is 5.56 Å². The molecule has 2 aromatic carbocycles. The second kappa shape index (κ2) is 8.41. The number of nitrogens with zero attached hydrogens (tertiary/aromatic N) is 2. The summed E-state index contributed by atoms with van der Waals surface area (Å²) in [5.74, 6) is -0.355. The lowest BCUT2D eigenvalue weighted by molar-refractivity contribution is 0.563. The smallest absolute Gasteiger partial charge is 0.275 e. The summed E-state index contributed by atoms with van der Waals surface area (Å²) >= 11 is -1.93. The lowest BCUT2D eigenvalue weighted by Crippen LogP contribution is -2.25. The summed E-state index contributed by atoms with van der Waals surface area (Å²) in [5, 5.41) is 4.25. The van der Waals surface area contributed by atoms with Crippen LogP contribution in [0.25, 0.3) is 22.3 Å². The van der Waals surface area contributed by atoms with Gasteiger partial charge < -0.3 is 4.55 Å². The van der Waals surface area contributed by atoms with Crippen LogP contribution in [0.1, 0.15) is 12.5 Å². The lowest BCUT2D eigenvalue weighted by Gasteiger charge is -2.13. The van der Waals surface area contributed by atoms with Crippen LogP contribution in [-0.2, 0) is 23.4 Å². The number of benzene rings is 2. The highest BCUT2D eigenvalue weighted by Crippen LogP contribution is 2.29. The maximum absolute atomic E-state index is 13.4. The Bertz CT molecular complexity index is 1090. The van der Waals surface area contributed by atoms with Gasteiger partial charge in [-0.2, -0.15) is 5.10 Å².